The second-order valence-electron chi connectivity index (χ2n) is 11.5. The Labute approximate surface area is 251 Å². The molecular weight excluding hydrogens is 543 g/mol. The van der Waals surface area contributed by atoms with Gasteiger partial charge in [-0.05, 0) is 12.8 Å². The monoisotopic (exact) mass is 606 g/mol. The van der Waals surface area contributed by atoms with E-state index in [2.05, 4.69) is 18.4 Å². The molecule has 0 saturated heterocycles. The zero-order valence-electron chi connectivity index (χ0n) is 26.5. The van der Waals surface area contributed by atoms with Crippen molar-refractivity contribution < 1.29 is 37.9 Å². The Kier molecular flexibility index (Phi) is 28.5. The number of rotatable bonds is 31. The highest BCUT2D eigenvalue weighted by atomic mass is 31.2. The summed E-state index contributed by atoms with van der Waals surface area (Å²) in [6.07, 6.45) is 27.3. The zero-order valence-corrected chi connectivity index (χ0v) is 27.4. The summed E-state index contributed by atoms with van der Waals surface area (Å²) in [6, 6.07) is 0. The van der Waals surface area contributed by atoms with Crippen LogP contribution in [0.5, 0.6) is 0 Å². The second-order valence-corrected chi connectivity index (χ2v) is 12.7. The van der Waals surface area contributed by atoms with Gasteiger partial charge < -0.3 is 19.3 Å². The lowest BCUT2D eigenvalue weighted by atomic mass is 10.0. The van der Waals surface area contributed by atoms with Crippen molar-refractivity contribution in [2.45, 2.75) is 180 Å². The molecule has 0 aliphatic heterocycles. The van der Waals surface area contributed by atoms with Gasteiger partial charge in [0.05, 0.1) is 6.61 Å². The lowest BCUT2D eigenvalue weighted by Crippen LogP contribution is -2.29. The number of unbranched alkanes of at least 4 members (excludes halogenated alkanes) is 21. The van der Waals surface area contributed by atoms with Gasteiger partial charge in [0.25, 0.3) is 0 Å². The van der Waals surface area contributed by atoms with E-state index in [1.807, 2.05) is 0 Å². The van der Waals surface area contributed by atoms with E-state index in [4.69, 9.17) is 19.3 Å². The summed E-state index contributed by atoms with van der Waals surface area (Å²) in [5.74, 6) is -0.890. The van der Waals surface area contributed by atoms with Gasteiger partial charge in [-0.1, -0.05) is 149 Å². The third-order valence-electron chi connectivity index (χ3n) is 7.38. The molecule has 41 heavy (non-hydrogen) atoms. The van der Waals surface area contributed by atoms with Crippen molar-refractivity contribution in [2.24, 2.45) is 0 Å². The maximum Gasteiger partial charge on any atom is 0.469 e. The van der Waals surface area contributed by atoms with Crippen LogP contribution in [0.15, 0.2) is 0 Å². The largest absolute Gasteiger partial charge is 0.469 e. The maximum absolute atomic E-state index is 12.3. The van der Waals surface area contributed by atoms with Crippen molar-refractivity contribution >= 4 is 19.8 Å². The van der Waals surface area contributed by atoms with Crippen LogP contribution in [-0.4, -0.2) is 41.0 Å². The molecule has 0 radical (unpaired) electrons. The molecule has 2 N–H and O–H groups in total. The average molecular weight is 607 g/mol. The number of carbonyl (C=O) groups is 2. The second kappa shape index (κ2) is 29.1. The minimum atomic E-state index is -4.73. The van der Waals surface area contributed by atoms with E-state index in [9.17, 15) is 14.2 Å². The van der Waals surface area contributed by atoms with E-state index < -0.39 is 32.5 Å². The van der Waals surface area contributed by atoms with Gasteiger partial charge in [-0.3, -0.25) is 14.1 Å². The van der Waals surface area contributed by atoms with Gasteiger partial charge in [-0.25, -0.2) is 4.57 Å². The summed E-state index contributed by atoms with van der Waals surface area (Å²) in [7, 11) is -4.73. The molecule has 0 aliphatic carbocycles. The number of hydrogen-bond acceptors (Lipinski definition) is 6. The molecule has 0 bridgehead atoms. The predicted molar refractivity (Wildman–Crippen MR) is 166 cm³/mol. The fourth-order valence-corrected chi connectivity index (χ4v) is 5.20. The van der Waals surface area contributed by atoms with Crippen molar-refractivity contribution in [1.82, 2.24) is 0 Å². The van der Waals surface area contributed by atoms with Crippen molar-refractivity contribution in [3.63, 3.8) is 0 Å². The number of phosphoric ester groups is 1. The van der Waals surface area contributed by atoms with Crippen LogP contribution in [0.1, 0.15) is 174 Å². The van der Waals surface area contributed by atoms with Crippen molar-refractivity contribution in [3.8, 4) is 0 Å². The maximum atomic E-state index is 12.3. The number of hydrogen-bond donors (Lipinski definition) is 2. The fraction of sp³-hybridized carbons (Fsp3) is 0.938. The summed E-state index contributed by atoms with van der Waals surface area (Å²) in [5, 5.41) is 0. The zero-order chi connectivity index (χ0) is 30.4. The van der Waals surface area contributed by atoms with Gasteiger partial charge in [0.1, 0.15) is 6.61 Å². The molecule has 0 aliphatic rings. The smallest absolute Gasteiger partial charge is 0.462 e. The molecule has 0 fully saturated rings. The van der Waals surface area contributed by atoms with Crippen LogP contribution in [0, 0.1) is 0 Å². The van der Waals surface area contributed by atoms with Gasteiger partial charge in [-0.2, -0.15) is 0 Å². The van der Waals surface area contributed by atoms with Gasteiger partial charge in [0, 0.05) is 12.8 Å². The normalized spacial score (nSPS) is 12.4. The Balaban J connectivity index is 3.82. The number of carbonyl (C=O) groups excluding carboxylic acids is 2. The third kappa shape index (κ3) is 31.8. The first-order valence-corrected chi connectivity index (χ1v) is 18.4. The quantitative estimate of drug-likeness (QED) is 0.0455. The molecule has 0 rings (SSSR count). The molecule has 0 saturated carbocycles. The first-order chi connectivity index (χ1) is 19.8. The van der Waals surface area contributed by atoms with Crippen molar-refractivity contribution in [2.75, 3.05) is 13.2 Å². The van der Waals surface area contributed by atoms with Crippen LogP contribution in [0.2, 0.25) is 0 Å². The third-order valence-corrected chi connectivity index (χ3v) is 7.86. The van der Waals surface area contributed by atoms with E-state index in [1.165, 1.54) is 96.3 Å². The molecule has 0 aromatic heterocycles. The van der Waals surface area contributed by atoms with E-state index >= 15 is 0 Å². The van der Waals surface area contributed by atoms with Crippen LogP contribution in [0.4, 0.5) is 0 Å². The Bertz CT molecular complexity index is 652. The number of ether oxygens (including phenoxy) is 2. The van der Waals surface area contributed by atoms with E-state index in [1.54, 1.807) is 0 Å². The average Bonchev–Trinajstić information content (AvgIpc) is 2.93. The highest BCUT2D eigenvalue weighted by Crippen LogP contribution is 2.36. The molecule has 1 unspecified atom stereocenters. The minimum absolute atomic E-state index is 0.219. The fourth-order valence-electron chi connectivity index (χ4n) is 4.84. The minimum Gasteiger partial charge on any atom is -0.462 e. The van der Waals surface area contributed by atoms with E-state index in [-0.39, 0.29) is 19.4 Å². The molecule has 0 aromatic rings. The molecule has 0 heterocycles. The Morgan fingerprint density at radius 1 is 0.537 bits per heavy atom. The van der Waals surface area contributed by atoms with Crippen molar-refractivity contribution in [1.29, 1.82) is 0 Å². The van der Waals surface area contributed by atoms with Gasteiger partial charge in [0.2, 0.25) is 0 Å². The molecule has 1 atom stereocenters. The Morgan fingerprint density at radius 2 is 0.878 bits per heavy atom. The van der Waals surface area contributed by atoms with Crippen LogP contribution in [-0.2, 0) is 28.2 Å². The molecule has 0 aromatic carbocycles. The van der Waals surface area contributed by atoms with E-state index in [0.29, 0.717) is 6.42 Å². The summed E-state index contributed by atoms with van der Waals surface area (Å²) >= 11 is 0. The van der Waals surface area contributed by atoms with Crippen LogP contribution in [0.25, 0.3) is 0 Å². The van der Waals surface area contributed by atoms with Crippen LogP contribution >= 0.6 is 7.82 Å². The number of esters is 2. The molecule has 9 heteroatoms. The number of phosphoric acid groups is 1. The predicted octanol–water partition coefficient (Wildman–Crippen LogP) is 9.34. The highest BCUT2D eigenvalue weighted by molar-refractivity contribution is 7.46. The summed E-state index contributed by atoms with van der Waals surface area (Å²) in [5.41, 5.74) is 0. The highest BCUT2D eigenvalue weighted by Gasteiger charge is 2.22. The lowest BCUT2D eigenvalue weighted by molar-refractivity contribution is -0.161. The molecule has 244 valence electrons. The molecule has 8 nitrogen and oxygen atoms in total. The van der Waals surface area contributed by atoms with Gasteiger partial charge in [-0.15, -0.1) is 0 Å². The summed E-state index contributed by atoms with van der Waals surface area (Å²) < 4.78 is 26.0. The van der Waals surface area contributed by atoms with Crippen LogP contribution in [0.3, 0.4) is 0 Å². The molecule has 0 spiro atoms. The standard InChI is InChI=1S/C32H63O8P/c1-3-5-7-9-10-11-12-13-14-15-16-17-18-19-20-21-23-25-27-32(34)40-30(29-39-41(35,36)37)28-38-31(33)26-24-22-8-6-4-2/h30H,3-29H2,1-2H3,(H2,35,36,37). The molecule has 0 amide bonds. The van der Waals surface area contributed by atoms with Crippen molar-refractivity contribution in [3.05, 3.63) is 0 Å². The topological polar surface area (TPSA) is 119 Å². The SMILES string of the molecule is CCCCCCCCCCCCCCCCCCCCC(=O)OC(COC(=O)CCCCCCC)COP(=O)(O)O. The van der Waals surface area contributed by atoms with E-state index in [0.717, 1.165) is 44.9 Å². The Morgan fingerprint density at radius 3 is 1.24 bits per heavy atom. The molecular formula is C32H63O8P. The summed E-state index contributed by atoms with van der Waals surface area (Å²) in [6.45, 7) is 3.58. The lowest BCUT2D eigenvalue weighted by Gasteiger charge is -2.18. The van der Waals surface area contributed by atoms with Gasteiger partial charge in [0.15, 0.2) is 6.10 Å². The Hall–Kier alpha value is -0.950. The first-order valence-electron chi connectivity index (χ1n) is 16.8. The van der Waals surface area contributed by atoms with Gasteiger partial charge >= 0.3 is 19.8 Å². The summed E-state index contributed by atoms with van der Waals surface area (Å²) in [4.78, 5) is 42.2. The van der Waals surface area contributed by atoms with Crippen LogP contribution < -0.4 is 0 Å². The first kappa shape index (κ1) is 40.1.